The molecule has 1 atom stereocenters. The fraction of sp³-hybridized carbons (Fsp3) is 0.133. The second kappa shape index (κ2) is 9.99. The molecule has 0 radical (unpaired) electrons. The van der Waals surface area contributed by atoms with E-state index in [4.69, 9.17) is 4.99 Å². The van der Waals surface area contributed by atoms with E-state index in [1.54, 1.807) is 47.0 Å². The maximum atomic E-state index is 13.8. The Balaban J connectivity index is 1.54. The molecule has 2 heterocycles. The van der Waals surface area contributed by atoms with E-state index in [0.29, 0.717) is 14.9 Å². The SMILES string of the molecule is O=c1/c(=C/c2ccc([N+](=O)[O-])cc2)sc2n1[C@@H](c1ccc(F)cc1)C1=C(N=2)/C(=C\c2ccc(F)cc2)CCC1. The molecule has 0 saturated heterocycles. The van der Waals surface area contributed by atoms with Crippen molar-refractivity contribution in [3.05, 3.63) is 148 Å². The Morgan fingerprint density at radius 1 is 0.897 bits per heavy atom. The van der Waals surface area contributed by atoms with Crippen molar-refractivity contribution in [2.75, 3.05) is 0 Å². The summed E-state index contributed by atoms with van der Waals surface area (Å²) in [5, 5.41) is 11.0. The minimum absolute atomic E-state index is 0.0296. The highest BCUT2D eigenvalue weighted by atomic mass is 32.1. The minimum Gasteiger partial charge on any atom is -0.272 e. The van der Waals surface area contributed by atoms with Crippen LogP contribution in [0.3, 0.4) is 0 Å². The van der Waals surface area contributed by atoms with Gasteiger partial charge in [-0.3, -0.25) is 19.5 Å². The molecule has 1 aliphatic carbocycles. The fourth-order valence-electron chi connectivity index (χ4n) is 5.11. The molecule has 6 nitrogen and oxygen atoms in total. The van der Waals surface area contributed by atoms with Gasteiger partial charge in [-0.1, -0.05) is 35.6 Å². The number of aromatic nitrogens is 1. The molecule has 0 saturated carbocycles. The van der Waals surface area contributed by atoms with Crippen LogP contribution in [0.5, 0.6) is 0 Å². The van der Waals surface area contributed by atoms with Crippen LogP contribution in [0.4, 0.5) is 14.5 Å². The number of hydrogen-bond acceptors (Lipinski definition) is 5. The summed E-state index contributed by atoms with van der Waals surface area (Å²) in [6, 6.07) is 18.0. The van der Waals surface area contributed by atoms with Gasteiger partial charge in [0, 0.05) is 12.1 Å². The highest BCUT2D eigenvalue weighted by Crippen LogP contribution is 2.41. The molecule has 6 rings (SSSR count). The predicted molar refractivity (Wildman–Crippen MR) is 146 cm³/mol. The standard InChI is InChI=1S/C30H21F2N3O3S/c31-22-10-4-18(5-11-22)16-21-2-1-3-25-27(21)33-30-34(28(25)20-8-12-23(32)13-9-20)29(36)26(39-30)17-19-6-14-24(15-7-19)35(37)38/h4-17,28H,1-3H2/b21-16-,26-17-/t28-/m0/s1. The van der Waals surface area contributed by atoms with Gasteiger partial charge in [-0.15, -0.1) is 0 Å². The van der Waals surface area contributed by atoms with E-state index in [1.165, 1.54) is 47.7 Å². The average Bonchev–Trinajstić information content (AvgIpc) is 3.24. The minimum atomic E-state index is -0.470. The van der Waals surface area contributed by atoms with E-state index in [-0.39, 0.29) is 22.9 Å². The molecule has 194 valence electrons. The van der Waals surface area contributed by atoms with Crippen molar-refractivity contribution in [3.8, 4) is 0 Å². The third-order valence-electron chi connectivity index (χ3n) is 6.93. The Hall–Kier alpha value is -4.50. The summed E-state index contributed by atoms with van der Waals surface area (Å²) >= 11 is 1.24. The third kappa shape index (κ3) is 4.77. The maximum Gasteiger partial charge on any atom is 0.271 e. The molecule has 0 amide bonds. The van der Waals surface area contributed by atoms with Gasteiger partial charge in [0.15, 0.2) is 4.80 Å². The topological polar surface area (TPSA) is 77.5 Å². The van der Waals surface area contributed by atoms with Crippen molar-refractivity contribution >= 4 is 29.2 Å². The quantitative estimate of drug-likeness (QED) is 0.247. The molecule has 0 spiro atoms. The number of non-ortho nitro benzene ring substituents is 1. The van der Waals surface area contributed by atoms with Gasteiger partial charge in [-0.25, -0.2) is 13.8 Å². The molecule has 3 aromatic carbocycles. The van der Waals surface area contributed by atoms with Crippen LogP contribution in [0.1, 0.15) is 42.0 Å². The van der Waals surface area contributed by atoms with Gasteiger partial charge in [0.1, 0.15) is 11.6 Å². The first-order chi connectivity index (χ1) is 18.9. The van der Waals surface area contributed by atoms with Crippen LogP contribution in [-0.2, 0) is 0 Å². The molecular weight excluding hydrogens is 520 g/mol. The molecular formula is C30H21F2N3O3S. The van der Waals surface area contributed by atoms with E-state index in [1.807, 2.05) is 6.08 Å². The van der Waals surface area contributed by atoms with Crippen LogP contribution < -0.4 is 14.9 Å². The molecule has 1 aliphatic heterocycles. The van der Waals surface area contributed by atoms with Crippen LogP contribution in [0.25, 0.3) is 12.2 Å². The second-order valence-electron chi connectivity index (χ2n) is 9.43. The highest BCUT2D eigenvalue weighted by molar-refractivity contribution is 7.07. The van der Waals surface area contributed by atoms with Gasteiger partial charge in [-0.05, 0) is 95.6 Å². The van der Waals surface area contributed by atoms with Crippen molar-refractivity contribution in [2.45, 2.75) is 25.3 Å². The summed E-state index contributed by atoms with van der Waals surface area (Å²) in [6.07, 6.45) is 6.07. The summed E-state index contributed by atoms with van der Waals surface area (Å²) in [7, 11) is 0. The van der Waals surface area contributed by atoms with Gasteiger partial charge in [0.05, 0.1) is 21.2 Å². The lowest BCUT2D eigenvalue weighted by atomic mass is 9.84. The van der Waals surface area contributed by atoms with Crippen LogP contribution in [0, 0.1) is 21.7 Å². The number of benzene rings is 3. The third-order valence-corrected chi connectivity index (χ3v) is 7.91. The van der Waals surface area contributed by atoms with Crippen molar-refractivity contribution in [1.29, 1.82) is 0 Å². The normalized spacial score (nSPS) is 18.1. The fourth-order valence-corrected chi connectivity index (χ4v) is 6.11. The summed E-state index contributed by atoms with van der Waals surface area (Å²) in [5.74, 6) is -0.669. The van der Waals surface area contributed by atoms with E-state index in [0.717, 1.165) is 47.2 Å². The summed E-state index contributed by atoms with van der Waals surface area (Å²) in [6.45, 7) is 0. The molecule has 0 fully saturated rings. The van der Waals surface area contributed by atoms with Crippen LogP contribution >= 0.6 is 11.3 Å². The Kier molecular flexibility index (Phi) is 6.36. The largest absolute Gasteiger partial charge is 0.272 e. The lowest BCUT2D eigenvalue weighted by Gasteiger charge is -2.31. The average molecular weight is 542 g/mol. The van der Waals surface area contributed by atoms with Gasteiger partial charge in [0.25, 0.3) is 11.2 Å². The number of hydrogen-bond donors (Lipinski definition) is 0. The lowest BCUT2D eigenvalue weighted by molar-refractivity contribution is -0.384. The Morgan fingerprint density at radius 2 is 1.51 bits per heavy atom. The molecule has 0 unspecified atom stereocenters. The van der Waals surface area contributed by atoms with Gasteiger partial charge in [-0.2, -0.15) is 0 Å². The van der Waals surface area contributed by atoms with Gasteiger partial charge in [0.2, 0.25) is 0 Å². The molecule has 9 heteroatoms. The molecule has 4 aromatic rings. The predicted octanol–water partition coefficient (Wildman–Crippen LogP) is 5.67. The number of fused-ring (bicyclic) bond motifs is 1. The van der Waals surface area contributed by atoms with E-state index in [9.17, 15) is 23.7 Å². The first kappa shape index (κ1) is 24.8. The Labute approximate surface area is 225 Å². The van der Waals surface area contributed by atoms with Crippen molar-refractivity contribution < 1.29 is 13.7 Å². The number of thiazole rings is 1. The molecule has 0 N–H and O–H groups in total. The highest BCUT2D eigenvalue weighted by Gasteiger charge is 2.32. The molecule has 1 aromatic heterocycles. The van der Waals surface area contributed by atoms with E-state index >= 15 is 0 Å². The van der Waals surface area contributed by atoms with Gasteiger partial charge >= 0.3 is 0 Å². The summed E-state index contributed by atoms with van der Waals surface area (Å²) < 4.78 is 29.4. The first-order valence-corrected chi connectivity index (χ1v) is 13.2. The zero-order chi connectivity index (χ0) is 27.1. The smallest absolute Gasteiger partial charge is 0.271 e. The van der Waals surface area contributed by atoms with Crippen molar-refractivity contribution in [1.82, 2.24) is 4.57 Å². The zero-order valence-electron chi connectivity index (χ0n) is 20.5. The number of rotatable bonds is 4. The Morgan fingerprint density at radius 3 is 2.18 bits per heavy atom. The van der Waals surface area contributed by atoms with E-state index < -0.39 is 11.0 Å². The van der Waals surface area contributed by atoms with Crippen LogP contribution in [-0.4, -0.2) is 9.49 Å². The van der Waals surface area contributed by atoms with Gasteiger partial charge < -0.3 is 0 Å². The molecule has 0 bridgehead atoms. The lowest BCUT2D eigenvalue weighted by Crippen LogP contribution is -2.39. The van der Waals surface area contributed by atoms with Crippen LogP contribution in [0.2, 0.25) is 0 Å². The van der Waals surface area contributed by atoms with Crippen LogP contribution in [0.15, 0.2) is 99.4 Å². The summed E-state index contributed by atoms with van der Waals surface area (Å²) in [4.78, 5) is 29.8. The molecule has 39 heavy (non-hydrogen) atoms. The number of nitro benzene ring substituents is 1. The number of allylic oxidation sites excluding steroid dienone is 2. The monoisotopic (exact) mass is 541 g/mol. The number of nitrogens with zero attached hydrogens (tertiary/aromatic N) is 3. The van der Waals surface area contributed by atoms with Crippen molar-refractivity contribution in [3.63, 3.8) is 0 Å². The maximum absolute atomic E-state index is 13.8. The first-order valence-electron chi connectivity index (χ1n) is 12.4. The van der Waals surface area contributed by atoms with Crippen molar-refractivity contribution in [2.24, 2.45) is 4.99 Å². The Bertz CT molecular complexity index is 1840. The zero-order valence-corrected chi connectivity index (χ0v) is 21.3. The second-order valence-corrected chi connectivity index (χ2v) is 10.4. The number of nitro groups is 1. The van der Waals surface area contributed by atoms with E-state index in [2.05, 4.69) is 0 Å². The molecule has 2 aliphatic rings. The summed E-state index contributed by atoms with van der Waals surface area (Å²) in [5.41, 5.74) is 4.83. The number of halogens is 2.